The van der Waals surface area contributed by atoms with Crippen LogP contribution in [-0.4, -0.2) is 78.4 Å². The van der Waals surface area contributed by atoms with Gasteiger partial charge < -0.3 is 72.0 Å². The van der Waals surface area contributed by atoms with Crippen molar-refractivity contribution in [3.8, 4) is 40.2 Å². The normalized spacial score (nSPS) is 10.6. The molecule has 0 fully saturated rings. The summed E-state index contributed by atoms with van der Waals surface area (Å²) in [6.07, 6.45) is 11.5. The van der Waals surface area contributed by atoms with Crippen molar-refractivity contribution in [2.24, 2.45) is 0 Å². The average Bonchev–Trinajstić information content (AvgIpc) is 1.62. The molecule has 0 aliphatic heterocycles. The number of aliphatic hydroxyl groups is 4. The molecule has 113 heavy (non-hydrogen) atoms. The van der Waals surface area contributed by atoms with Crippen LogP contribution in [0.5, 0.6) is 40.2 Å². The topological polar surface area (TPSA) is 310 Å². The number of H-pyrrole nitrogens is 1. The molecule has 5 aromatic carbocycles. The van der Waals surface area contributed by atoms with Crippen LogP contribution in [0.15, 0.2) is 231 Å². The number of carbonyl (C=O) groups excluding carboxylic acids is 1. The number of halogens is 7. The zero-order chi connectivity index (χ0) is 82.6. The van der Waals surface area contributed by atoms with Crippen molar-refractivity contribution in [2.75, 3.05) is 14.2 Å². The van der Waals surface area contributed by atoms with Gasteiger partial charge in [0.1, 0.15) is 75.0 Å². The van der Waals surface area contributed by atoms with Gasteiger partial charge in [0.2, 0.25) is 22.0 Å². The first-order valence-electron chi connectivity index (χ1n) is 34.7. The van der Waals surface area contributed by atoms with Crippen LogP contribution in [0.1, 0.15) is 103 Å². The molecule has 0 bridgehead atoms. The van der Waals surface area contributed by atoms with Crippen LogP contribution in [-0.2, 0) is 58.2 Å². The molecule has 0 amide bonds. The smallest absolute Gasteiger partial charge is 0.227 e. The molecule has 0 saturated heterocycles. The number of nitrogens with one attached hydrogen (secondary N) is 1. The minimum atomic E-state index is -1.70. The van der Waals surface area contributed by atoms with Crippen LogP contribution >= 0.6 is 96.5 Å². The van der Waals surface area contributed by atoms with Gasteiger partial charge >= 0.3 is 0 Å². The predicted octanol–water partition coefficient (Wildman–Crippen LogP) is 19.2. The Kier molecular flexibility index (Phi) is 39.6. The number of aldehydes is 1. The van der Waals surface area contributed by atoms with Crippen LogP contribution < -0.4 is 44.7 Å². The molecule has 0 aliphatic rings. The summed E-state index contributed by atoms with van der Waals surface area (Å²) in [5.41, 5.74) is 8.46. The van der Waals surface area contributed by atoms with Gasteiger partial charge in [0, 0.05) is 94.0 Å². The fourth-order valence-electron chi connectivity index (χ4n) is 11.1. The number of carbonyl (C=O) groups is 1. The fourth-order valence-corrected chi connectivity index (χ4v) is 19.7. The monoisotopic (exact) mass is 1830 g/mol. The molecule has 12 rings (SSSR count). The highest BCUT2D eigenvalue weighted by molar-refractivity contribution is 14.1. The fraction of sp³-hybridized carbons (Fsp3) is 0.241. The van der Waals surface area contributed by atoms with E-state index in [-0.39, 0.29) is 66.9 Å². The molecule has 7 aromatic heterocycles. The Hall–Kier alpha value is -9.07. The summed E-state index contributed by atoms with van der Waals surface area (Å²) in [7, 11) is 1.36. The van der Waals surface area contributed by atoms with Crippen molar-refractivity contribution in [1.82, 2.24) is 24.2 Å². The molecule has 7 heterocycles. The Labute approximate surface area is 702 Å². The predicted molar refractivity (Wildman–Crippen MR) is 455 cm³/mol. The van der Waals surface area contributed by atoms with E-state index in [0.717, 1.165) is 44.9 Å². The van der Waals surface area contributed by atoms with Gasteiger partial charge in [-0.3, -0.25) is 24.2 Å². The Morgan fingerprint density at radius 3 is 1.33 bits per heavy atom. The average molecular weight is 1840 g/mol. The van der Waals surface area contributed by atoms with Gasteiger partial charge in [-0.05, 0) is 140 Å². The number of hydrogen-bond acceptors (Lipinski definition) is 20. The summed E-state index contributed by atoms with van der Waals surface area (Å²) in [4.78, 5) is 59.8. The minimum absolute atomic E-state index is 0.113. The maximum Gasteiger partial charge on any atom is 0.227 e. The van der Waals surface area contributed by atoms with Crippen LogP contribution in [0.3, 0.4) is 0 Å². The molecule has 22 nitrogen and oxygen atoms in total. The first kappa shape index (κ1) is 92.8. The lowest BCUT2D eigenvalue weighted by atomic mass is 10.2. The highest BCUT2D eigenvalue weighted by Crippen LogP contribution is 2.45. The number of pyridine rings is 4. The van der Waals surface area contributed by atoms with E-state index < -0.39 is 19.4 Å². The maximum absolute atomic E-state index is 11.6. The van der Waals surface area contributed by atoms with E-state index in [1.165, 1.54) is 64.1 Å². The number of benzene rings is 5. The molecule has 12 aromatic rings. The number of aromatic hydroxyl groups is 1. The van der Waals surface area contributed by atoms with E-state index in [1.807, 2.05) is 97.2 Å². The molecule has 0 spiro atoms. The second-order valence-corrected chi connectivity index (χ2v) is 34.8. The van der Waals surface area contributed by atoms with Crippen molar-refractivity contribution in [3.63, 3.8) is 0 Å². The summed E-state index contributed by atoms with van der Waals surface area (Å²) < 4.78 is 45.8. The highest BCUT2D eigenvalue weighted by Gasteiger charge is 2.46. The number of aromatic amines is 1. The van der Waals surface area contributed by atoms with Crippen molar-refractivity contribution in [3.05, 3.63) is 323 Å². The SMILES string of the molecule is CC(C)[Si](C(C)C)(C(C)C)n1cc(I)c2cccnc21.COc1cc(C=O)ncc1OCc1ccc(Cl)cc1.COc1cc(CO)ncc1OCc1ccc(Cl)cc1.Clc1ccc(CBr)cc1.O=c1cc(CO)[nH]cc1OCc1ccc(Cl)cc1.O=c1cc(CO)occ1O.O=c1cc(CO)occ1OCc1ccc(Cl)cc1. The van der Waals surface area contributed by atoms with Crippen LogP contribution in [0.4, 0.5) is 0 Å². The van der Waals surface area contributed by atoms with Gasteiger partial charge in [-0.15, -0.1) is 0 Å². The van der Waals surface area contributed by atoms with Gasteiger partial charge in [0.15, 0.2) is 49.0 Å². The summed E-state index contributed by atoms with van der Waals surface area (Å²) in [5.74, 6) is 2.29. The number of rotatable bonds is 24. The van der Waals surface area contributed by atoms with E-state index >= 15 is 0 Å². The number of nitrogens with zero attached hydrogens (tertiary/aromatic N) is 4. The minimum Gasteiger partial charge on any atom is -0.502 e. The molecule has 598 valence electrons. The zero-order valence-corrected chi connectivity index (χ0v) is 71.4. The second-order valence-electron chi connectivity index (χ2n) is 25.2. The summed E-state index contributed by atoms with van der Waals surface area (Å²) in [5, 5.41) is 49.4. The number of aromatic nitrogens is 5. The third kappa shape index (κ3) is 29.4. The lowest BCUT2D eigenvalue weighted by Crippen LogP contribution is -2.51. The molecule has 30 heteroatoms. The van der Waals surface area contributed by atoms with E-state index in [9.17, 15) is 19.2 Å². The molecule has 6 N–H and O–H groups in total. The molecular weight excluding hydrogens is 1750 g/mol. The lowest BCUT2D eigenvalue weighted by Gasteiger charge is -2.44. The van der Waals surface area contributed by atoms with E-state index in [1.54, 1.807) is 55.8 Å². The molecule has 0 radical (unpaired) electrons. The van der Waals surface area contributed by atoms with Gasteiger partial charge in [-0.2, -0.15) is 0 Å². The van der Waals surface area contributed by atoms with Crippen molar-refractivity contribution >= 4 is 122 Å². The standard InChI is InChI=1S/C16H25IN2Si.C14H14ClNO3.C14H12ClNO3.C13H12ClNO3.C13H11ClO4.C7H6BrCl.C6H6O4/c1-11(2)20(12(3)4,13(5)6)19-10-15(17)14-8-7-9-18-16(14)19;2*1-18-13-6-12(8-17)16-7-14(13)19-9-10-2-4-11(15)5-3-10;14-10-3-1-9(2-4-10)8-18-13-6-15-11(7-16)5-12(13)17;14-10-3-1-9(2-4-10)7-18-13-8-17-11(6-15)5-12(13)16;8-5-6-1-3-7(9)4-2-6;7-2-4-1-5(8)6(9)3-10-4/h7-13H,1-6H3;2-7,17H,8-9H2,1H3;2-8H,9H2,1H3;1-6,16H,7-8H2,(H,15,17);1-5,8,15H,6-7H2;1-4H,5H2;1,3,7,9H,2H2. The summed E-state index contributed by atoms with van der Waals surface area (Å²) in [6.45, 7) is 14.7. The number of aliphatic hydroxyl groups excluding tert-OH is 4. The van der Waals surface area contributed by atoms with Crippen molar-refractivity contribution in [2.45, 2.75) is 116 Å². The number of fused-ring (bicyclic) bond motifs is 1. The first-order chi connectivity index (χ1) is 54.2. The summed E-state index contributed by atoms with van der Waals surface area (Å²) in [6, 6.07) is 47.8. The Balaban J connectivity index is 0.000000208. The molecule has 0 aliphatic carbocycles. The van der Waals surface area contributed by atoms with E-state index in [2.05, 4.69) is 116 Å². The quantitative estimate of drug-likeness (QED) is 0.0142. The first-order valence-corrected chi connectivity index (χ1v) is 41.0. The largest absolute Gasteiger partial charge is 0.502 e. The number of hydrogen-bond donors (Lipinski definition) is 6. The van der Waals surface area contributed by atoms with Gasteiger partial charge in [0.25, 0.3) is 0 Å². The summed E-state index contributed by atoms with van der Waals surface area (Å²) >= 11 is 34.6. The lowest BCUT2D eigenvalue weighted by molar-refractivity contribution is 0.111. The zero-order valence-electron chi connectivity index (χ0n) is 62.9. The number of alkyl halides is 1. The van der Waals surface area contributed by atoms with Crippen molar-refractivity contribution < 1.29 is 67.6 Å². The molecule has 0 unspecified atom stereocenters. The Morgan fingerprint density at radius 1 is 0.513 bits per heavy atom. The highest BCUT2D eigenvalue weighted by atomic mass is 127. The van der Waals surface area contributed by atoms with Crippen LogP contribution in [0.2, 0.25) is 41.7 Å². The second kappa shape index (κ2) is 48.2. The van der Waals surface area contributed by atoms with E-state index in [4.69, 9.17) is 121 Å². The van der Waals surface area contributed by atoms with Gasteiger partial charge in [-0.25, -0.2) is 9.97 Å². The van der Waals surface area contributed by atoms with Crippen LogP contribution in [0, 0.1) is 3.57 Å². The molecule has 0 atom stereocenters. The third-order valence-corrected chi connectivity index (χ3v) is 26.1. The van der Waals surface area contributed by atoms with E-state index in [0.29, 0.717) is 103 Å². The van der Waals surface area contributed by atoms with Crippen molar-refractivity contribution in [1.29, 1.82) is 0 Å². The molecule has 0 saturated carbocycles. The maximum atomic E-state index is 11.6. The number of methoxy groups -OCH3 is 2. The molecular formula is C83H86BrCl5IN5O17Si. The number of ether oxygens (including phenoxy) is 6. The van der Waals surface area contributed by atoms with Crippen LogP contribution in [0.25, 0.3) is 11.0 Å². The third-order valence-electron chi connectivity index (χ3n) is 16.6. The Morgan fingerprint density at radius 2 is 0.929 bits per heavy atom. The van der Waals surface area contributed by atoms with Gasteiger partial charge in [-0.1, -0.05) is 176 Å². The Bertz CT molecular complexity index is 4960. The van der Waals surface area contributed by atoms with Gasteiger partial charge in [0.05, 0.1) is 45.5 Å².